The Balaban J connectivity index is 0.000000284. The zero-order chi connectivity index (χ0) is 35.7. The number of hydrogen-bond acceptors (Lipinski definition) is 8. The number of sulfone groups is 1. The summed E-state index contributed by atoms with van der Waals surface area (Å²) >= 11 is 0. The van der Waals surface area contributed by atoms with Crippen LogP contribution in [0.1, 0.15) is 108 Å². The first-order valence-electron chi connectivity index (χ1n) is 17.5. The van der Waals surface area contributed by atoms with Gasteiger partial charge in [-0.1, -0.05) is 64.0 Å². The van der Waals surface area contributed by atoms with E-state index in [0.717, 1.165) is 50.1 Å². The number of anilines is 1. The molecule has 2 aliphatic heterocycles. The molecule has 5 rings (SSSR count). The number of hydrogen-bond donors (Lipinski definition) is 2. The maximum Gasteiger partial charge on any atom is 0.417 e. The Hall–Kier alpha value is -3.15. The van der Waals surface area contributed by atoms with Crippen molar-refractivity contribution in [2.75, 3.05) is 31.2 Å². The van der Waals surface area contributed by atoms with Crippen LogP contribution in [0.5, 0.6) is 0 Å². The molecule has 0 unspecified atom stereocenters. The molecule has 3 fully saturated rings. The topological polar surface area (TPSA) is 138 Å². The highest BCUT2D eigenvalue weighted by molar-refractivity contribution is 7.92. The fourth-order valence-corrected chi connectivity index (χ4v) is 8.57. The molecule has 272 valence electrons. The van der Waals surface area contributed by atoms with E-state index < -0.39 is 43.7 Å². The Labute approximate surface area is 287 Å². The summed E-state index contributed by atoms with van der Waals surface area (Å²) in [5, 5.41) is 25.1. The number of aromatic nitrogens is 2. The lowest BCUT2D eigenvalue weighted by atomic mass is 9.96. The zero-order valence-electron chi connectivity index (χ0n) is 28.6. The molecule has 2 aromatic rings. The molecule has 2 N–H and O–H groups in total. The summed E-state index contributed by atoms with van der Waals surface area (Å²) in [4.78, 5) is 12.5. The number of halogens is 3. The SMILES string of the molecule is CCCCCCCCCCNC1(C#N)CC1.Cn1nc(N2C[C@H](S(=O)(=O)c3ccccc3C(F)(F)F)C[C@H]2C(=O)O)cc1C1CCOCC1. The van der Waals surface area contributed by atoms with Gasteiger partial charge in [-0.2, -0.15) is 23.5 Å². The van der Waals surface area contributed by atoms with Gasteiger partial charge >= 0.3 is 12.1 Å². The van der Waals surface area contributed by atoms with E-state index in [2.05, 4.69) is 23.4 Å². The van der Waals surface area contributed by atoms with E-state index in [1.807, 2.05) is 0 Å². The van der Waals surface area contributed by atoms with Crippen molar-refractivity contribution < 1.29 is 36.2 Å². The smallest absolute Gasteiger partial charge is 0.417 e. The van der Waals surface area contributed by atoms with Crippen LogP contribution >= 0.6 is 0 Å². The standard InChI is InChI=1S/C21H24F3N3O5S.C14H26N2/c1-26-16(13-6-8-32-9-7-13)11-19(25-26)27-12-14(10-17(27)20(28)29)33(30,31)18-5-3-2-4-15(18)21(22,23)24;1-2-3-4-5-6-7-8-9-12-16-14(13-15)10-11-14/h2-5,11,13-14,17H,6-10,12H2,1H3,(H,28,29);16H,2-12H2,1H3/t14-,17+;/m1./s1. The molecule has 3 aliphatic rings. The van der Waals surface area contributed by atoms with Crippen molar-refractivity contribution in [3.05, 3.63) is 41.6 Å². The maximum atomic E-state index is 13.4. The first kappa shape index (κ1) is 38.6. The summed E-state index contributed by atoms with van der Waals surface area (Å²) in [6, 6.07) is 6.86. The summed E-state index contributed by atoms with van der Waals surface area (Å²) in [6.45, 7) is 4.23. The second-order valence-electron chi connectivity index (χ2n) is 13.4. The monoisotopic (exact) mass is 709 g/mol. The molecular formula is C35H50F3N5O5S. The Morgan fingerprint density at radius 2 is 1.73 bits per heavy atom. The Morgan fingerprint density at radius 1 is 1.10 bits per heavy atom. The van der Waals surface area contributed by atoms with Crippen LogP contribution in [0.3, 0.4) is 0 Å². The third-order valence-electron chi connectivity index (χ3n) is 9.78. The lowest BCUT2D eigenvalue weighted by Crippen LogP contribution is -2.36. The molecular weight excluding hydrogens is 659 g/mol. The predicted molar refractivity (Wildman–Crippen MR) is 180 cm³/mol. The number of carboxylic acids is 1. The third-order valence-corrected chi connectivity index (χ3v) is 12.0. The molecule has 2 saturated heterocycles. The highest BCUT2D eigenvalue weighted by atomic mass is 32.2. The van der Waals surface area contributed by atoms with Crippen molar-refractivity contribution in [2.24, 2.45) is 7.05 Å². The highest BCUT2D eigenvalue weighted by Crippen LogP contribution is 2.39. The van der Waals surface area contributed by atoms with Crippen molar-refractivity contribution in [3.8, 4) is 6.07 Å². The summed E-state index contributed by atoms with van der Waals surface area (Å²) in [5.74, 6) is -0.780. The van der Waals surface area contributed by atoms with Crippen LogP contribution in [0.15, 0.2) is 35.2 Å². The molecule has 3 heterocycles. The van der Waals surface area contributed by atoms with Crippen LogP contribution in [0.25, 0.3) is 0 Å². The third kappa shape index (κ3) is 10.2. The molecule has 0 bridgehead atoms. The highest BCUT2D eigenvalue weighted by Gasteiger charge is 2.47. The second-order valence-corrected chi connectivity index (χ2v) is 15.6. The van der Waals surface area contributed by atoms with Gasteiger partial charge in [0.15, 0.2) is 15.7 Å². The molecule has 2 atom stereocenters. The van der Waals surface area contributed by atoms with Gasteiger partial charge in [-0.25, -0.2) is 13.2 Å². The number of aryl methyl sites for hydroxylation is 1. The molecule has 0 spiro atoms. The normalized spacial score (nSPS) is 20.8. The summed E-state index contributed by atoms with van der Waals surface area (Å²) < 4.78 is 73.8. The zero-order valence-corrected chi connectivity index (χ0v) is 29.4. The number of carbonyl (C=O) groups is 1. The van der Waals surface area contributed by atoms with Crippen molar-refractivity contribution >= 4 is 21.6 Å². The van der Waals surface area contributed by atoms with E-state index in [1.165, 1.54) is 62.3 Å². The van der Waals surface area contributed by atoms with Gasteiger partial charge in [0.25, 0.3) is 0 Å². The number of nitriles is 1. The van der Waals surface area contributed by atoms with Crippen LogP contribution in [0.2, 0.25) is 0 Å². The maximum absolute atomic E-state index is 13.4. The van der Waals surface area contributed by atoms with Crippen molar-refractivity contribution in [1.82, 2.24) is 15.1 Å². The van der Waals surface area contributed by atoms with Gasteiger partial charge in [-0.05, 0) is 57.2 Å². The lowest BCUT2D eigenvalue weighted by molar-refractivity contribution is -0.140. The Bertz CT molecular complexity index is 1530. The van der Waals surface area contributed by atoms with E-state index in [1.54, 1.807) is 17.8 Å². The van der Waals surface area contributed by atoms with Gasteiger partial charge in [-0.15, -0.1) is 0 Å². The Kier molecular flexibility index (Phi) is 13.6. The fraction of sp³-hybridized carbons (Fsp3) is 0.686. The van der Waals surface area contributed by atoms with Gasteiger partial charge in [0.2, 0.25) is 0 Å². The minimum Gasteiger partial charge on any atom is -0.480 e. The lowest BCUT2D eigenvalue weighted by Gasteiger charge is -2.22. The van der Waals surface area contributed by atoms with Crippen LogP contribution in [0, 0.1) is 11.3 Å². The number of benzene rings is 1. The molecule has 1 aromatic carbocycles. The molecule has 10 nitrogen and oxygen atoms in total. The van der Waals surface area contributed by atoms with E-state index in [-0.39, 0.29) is 24.4 Å². The van der Waals surface area contributed by atoms with Crippen molar-refractivity contribution in [3.63, 3.8) is 0 Å². The fourth-order valence-electron chi connectivity index (χ4n) is 6.66. The molecule has 1 aliphatic carbocycles. The van der Waals surface area contributed by atoms with Gasteiger partial charge in [0.05, 0.1) is 21.8 Å². The molecule has 14 heteroatoms. The molecule has 0 radical (unpaired) electrons. The number of rotatable bonds is 15. The van der Waals surface area contributed by atoms with Crippen LogP contribution in [0.4, 0.5) is 19.0 Å². The van der Waals surface area contributed by atoms with E-state index in [4.69, 9.17) is 10.00 Å². The summed E-state index contributed by atoms with van der Waals surface area (Å²) in [7, 11) is -2.73. The van der Waals surface area contributed by atoms with E-state index in [9.17, 15) is 31.5 Å². The average molecular weight is 710 g/mol. The van der Waals surface area contributed by atoms with Gasteiger partial charge in [0, 0.05) is 44.5 Å². The summed E-state index contributed by atoms with van der Waals surface area (Å²) in [5.41, 5.74) is -0.484. The van der Waals surface area contributed by atoms with Crippen molar-refractivity contribution in [1.29, 1.82) is 5.26 Å². The number of ether oxygens (including phenoxy) is 1. The number of alkyl halides is 3. The molecule has 0 amide bonds. The summed E-state index contributed by atoms with van der Waals surface area (Å²) in [6.07, 6.45) is 9.34. The quantitative estimate of drug-likeness (QED) is 0.196. The minimum absolute atomic E-state index is 0.110. The van der Waals surface area contributed by atoms with E-state index in [0.29, 0.717) is 25.1 Å². The molecule has 1 aromatic heterocycles. The number of aliphatic carboxylic acids is 1. The Morgan fingerprint density at radius 3 is 2.33 bits per heavy atom. The number of carboxylic acid groups (broad SMARTS) is 1. The molecule has 49 heavy (non-hydrogen) atoms. The van der Waals surface area contributed by atoms with Gasteiger partial charge in [-0.3, -0.25) is 10.00 Å². The van der Waals surface area contributed by atoms with Gasteiger partial charge < -0.3 is 14.7 Å². The van der Waals surface area contributed by atoms with Crippen LogP contribution < -0.4 is 10.2 Å². The molecule has 1 saturated carbocycles. The largest absolute Gasteiger partial charge is 0.480 e. The number of nitrogens with zero attached hydrogens (tertiary/aromatic N) is 4. The number of unbranched alkanes of at least 4 members (excludes halogenated alkanes) is 7. The number of nitrogens with one attached hydrogen (secondary N) is 1. The van der Waals surface area contributed by atoms with Gasteiger partial charge in [0.1, 0.15) is 11.6 Å². The van der Waals surface area contributed by atoms with E-state index >= 15 is 0 Å². The predicted octanol–water partition coefficient (Wildman–Crippen LogP) is 6.61. The first-order chi connectivity index (χ1) is 23.3. The minimum atomic E-state index is -4.85. The first-order valence-corrected chi connectivity index (χ1v) is 19.0. The van der Waals surface area contributed by atoms with Crippen LogP contribution in [-0.4, -0.2) is 72.4 Å². The average Bonchev–Trinajstić information content (AvgIpc) is 3.52. The van der Waals surface area contributed by atoms with Crippen molar-refractivity contribution in [2.45, 2.75) is 124 Å². The van der Waals surface area contributed by atoms with Crippen LogP contribution in [-0.2, 0) is 32.6 Å². The second kappa shape index (κ2) is 17.2.